The minimum atomic E-state index is -3.81. The molecule has 1 aliphatic heterocycles. The molecule has 9 heteroatoms. The maximum atomic E-state index is 13.8. The molecule has 7 nitrogen and oxygen atoms in total. The van der Waals surface area contributed by atoms with Gasteiger partial charge in [0.05, 0.1) is 0 Å². The first-order valence-corrected chi connectivity index (χ1v) is 15.5. The van der Waals surface area contributed by atoms with Gasteiger partial charge in [-0.1, -0.05) is 0 Å². The van der Waals surface area contributed by atoms with Crippen molar-refractivity contribution in [2.75, 3.05) is 18.1 Å². The van der Waals surface area contributed by atoms with E-state index in [0.717, 1.165) is 36.6 Å². The van der Waals surface area contributed by atoms with Gasteiger partial charge in [0.1, 0.15) is 0 Å². The summed E-state index contributed by atoms with van der Waals surface area (Å²) in [4.78, 5) is 28.6. The number of fused-ring (bicyclic) bond motifs is 3. The number of carbonyl (C=O) groups excluding carboxylic acids is 2. The second-order valence-corrected chi connectivity index (χ2v) is 13.0. The molecule has 1 saturated heterocycles. The predicted molar refractivity (Wildman–Crippen MR) is 127 cm³/mol. The summed E-state index contributed by atoms with van der Waals surface area (Å²) < 4.78 is 30.4. The van der Waals surface area contributed by atoms with Gasteiger partial charge < -0.3 is 0 Å². The Morgan fingerprint density at radius 2 is 1.67 bits per heavy atom. The normalized spacial score (nSPS) is 27.5. The van der Waals surface area contributed by atoms with Crippen molar-refractivity contribution in [3.63, 3.8) is 0 Å². The average molecular weight is 540 g/mol. The molecule has 33 heavy (non-hydrogen) atoms. The molecule has 1 aromatic carbocycles. The monoisotopic (exact) mass is 541 g/mol. The molecule has 2 fully saturated rings. The van der Waals surface area contributed by atoms with Crippen LogP contribution >= 0.6 is 7.82 Å². The summed E-state index contributed by atoms with van der Waals surface area (Å²) in [7, 11) is -3.81. The molecule has 0 radical (unpaired) electrons. The number of benzene rings is 1. The second-order valence-electron chi connectivity index (χ2n) is 8.39. The summed E-state index contributed by atoms with van der Waals surface area (Å²) in [5.41, 5.74) is 1.65. The maximum absolute atomic E-state index is 13.8. The van der Waals surface area contributed by atoms with Gasteiger partial charge in [-0.2, -0.15) is 0 Å². The fourth-order valence-electron chi connectivity index (χ4n) is 5.37. The van der Waals surface area contributed by atoms with Gasteiger partial charge in [0.15, 0.2) is 0 Å². The van der Waals surface area contributed by atoms with Crippen molar-refractivity contribution in [3.05, 3.63) is 41.7 Å². The molecule has 0 aromatic heterocycles. The van der Waals surface area contributed by atoms with Crippen molar-refractivity contribution in [3.8, 4) is 0 Å². The van der Waals surface area contributed by atoms with Crippen LogP contribution in [-0.2, 0) is 27.7 Å². The number of allylic oxidation sites excluding steroid dienone is 2. The van der Waals surface area contributed by atoms with Crippen LogP contribution in [0.4, 0.5) is 5.69 Å². The molecule has 1 heterocycles. The first kappa shape index (κ1) is 24.7. The third-order valence-electron chi connectivity index (χ3n) is 6.54. The van der Waals surface area contributed by atoms with Crippen molar-refractivity contribution < 1.29 is 27.7 Å². The molecule has 4 rings (SSSR count). The summed E-state index contributed by atoms with van der Waals surface area (Å²) in [6.07, 6.45) is 3.59. The van der Waals surface area contributed by atoms with Crippen LogP contribution in [0.25, 0.3) is 0 Å². The van der Waals surface area contributed by atoms with Crippen LogP contribution in [0.2, 0.25) is 10.1 Å². The van der Waals surface area contributed by atoms with Crippen LogP contribution in [0.5, 0.6) is 0 Å². The van der Waals surface area contributed by atoms with Crippen LogP contribution < -0.4 is 4.90 Å². The van der Waals surface area contributed by atoms with Gasteiger partial charge in [-0.05, 0) is 0 Å². The van der Waals surface area contributed by atoms with E-state index in [0.29, 0.717) is 11.4 Å². The number of para-hydroxylation sites is 1. The van der Waals surface area contributed by atoms with Gasteiger partial charge >= 0.3 is 202 Å². The van der Waals surface area contributed by atoms with E-state index in [9.17, 15) is 14.2 Å². The topological polar surface area (TPSA) is 82.1 Å². The van der Waals surface area contributed by atoms with Crippen molar-refractivity contribution in [1.29, 1.82) is 0 Å². The number of phosphoric ester groups is 1. The van der Waals surface area contributed by atoms with Gasteiger partial charge in [0.25, 0.3) is 0 Å². The molecular weight excluding hydrogens is 508 g/mol. The number of carbonyl (C=O) groups is 2. The third kappa shape index (κ3) is 4.61. The number of phosphoric acid groups is 1. The molecule has 0 unspecified atom stereocenters. The average Bonchev–Trinajstić information content (AvgIpc) is 3.07. The molecule has 1 saturated carbocycles. The van der Waals surface area contributed by atoms with E-state index < -0.39 is 19.7 Å². The molecule has 2 amide bonds. The Morgan fingerprint density at radius 1 is 1.00 bits per heavy atom. The Morgan fingerprint density at radius 3 is 2.30 bits per heavy atom. The molecule has 0 spiro atoms. The van der Waals surface area contributed by atoms with Gasteiger partial charge in [-0.25, -0.2) is 0 Å². The zero-order valence-corrected chi connectivity index (χ0v) is 22.0. The third-order valence-corrected chi connectivity index (χ3v) is 10.6. The summed E-state index contributed by atoms with van der Waals surface area (Å²) in [6, 6.07) is 9.15. The van der Waals surface area contributed by atoms with Crippen LogP contribution in [-0.4, -0.2) is 40.0 Å². The Balaban J connectivity index is 1.80. The molecule has 3 aliphatic rings. The number of anilines is 1. The SMILES string of the molecule is CCOP(=O)(OCC)OC1=C2CCCC[C@@H]2[C@@H]2C(=O)N(c3ccccc3)C(=O)[C@@H]2[C@@H]1[Se]CC. The van der Waals surface area contributed by atoms with Crippen molar-refractivity contribution in [2.45, 2.75) is 56.6 Å². The standard InChI is InChI=1S/C24H32NO6PSe/c1-4-29-32(28,30-5-2)31-21-18-15-11-10-14-17(18)19-20(22(21)33-6-3)24(27)25(23(19)26)16-12-8-7-9-13-16/h7-9,12-13,17,19-20,22H,4-6,10-11,14-15H2,1-3H3/t17-,19-,20-,22-/m0/s1. The van der Waals surface area contributed by atoms with E-state index in [4.69, 9.17) is 13.6 Å². The number of imide groups is 1. The first-order valence-electron chi connectivity index (χ1n) is 11.8. The number of hydrogen-bond donors (Lipinski definition) is 0. The van der Waals surface area contributed by atoms with E-state index >= 15 is 0 Å². The number of amides is 2. The minimum absolute atomic E-state index is 0.0143. The molecule has 4 atom stereocenters. The van der Waals surface area contributed by atoms with E-state index in [2.05, 4.69) is 6.92 Å². The fraction of sp³-hybridized carbons (Fsp3) is 0.583. The number of nitrogens with zero attached hydrogens (tertiary/aromatic N) is 1. The molecular formula is C24H32NO6PSe. The molecule has 1 aromatic rings. The summed E-state index contributed by atoms with van der Waals surface area (Å²) in [6.45, 7) is 5.95. The second kappa shape index (κ2) is 10.5. The molecule has 0 bridgehead atoms. The molecule has 180 valence electrons. The van der Waals surface area contributed by atoms with Crippen LogP contribution in [0.1, 0.15) is 46.5 Å². The van der Waals surface area contributed by atoms with E-state index in [1.807, 2.05) is 18.2 Å². The quantitative estimate of drug-likeness (QED) is 0.238. The van der Waals surface area contributed by atoms with Crippen LogP contribution in [0, 0.1) is 17.8 Å². The molecule has 2 aliphatic carbocycles. The zero-order chi connectivity index (χ0) is 23.6. The van der Waals surface area contributed by atoms with Gasteiger partial charge in [0, 0.05) is 0 Å². The van der Waals surface area contributed by atoms with Crippen molar-refractivity contribution in [2.24, 2.45) is 17.8 Å². The van der Waals surface area contributed by atoms with Crippen molar-refractivity contribution >= 4 is 40.3 Å². The van der Waals surface area contributed by atoms with Gasteiger partial charge in [-0.3, -0.25) is 0 Å². The van der Waals surface area contributed by atoms with Gasteiger partial charge in [0.2, 0.25) is 0 Å². The predicted octanol–water partition coefficient (Wildman–Crippen LogP) is 5.38. The molecule has 0 N–H and O–H groups in total. The Bertz CT molecular complexity index is 957. The summed E-state index contributed by atoms with van der Waals surface area (Å²) >= 11 is -0.0143. The Labute approximate surface area is 202 Å². The van der Waals surface area contributed by atoms with Crippen LogP contribution in [0.15, 0.2) is 41.7 Å². The number of rotatable bonds is 9. The zero-order valence-electron chi connectivity index (χ0n) is 19.4. The van der Waals surface area contributed by atoms with Gasteiger partial charge in [-0.15, -0.1) is 0 Å². The summed E-state index contributed by atoms with van der Waals surface area (Å²) in [5.74, 6) is -0.665. The Hall–Kier alpha value is -1.43. The fourth-order valence-corrected chi connectivity index (χ4v) is 9.34. The van der Waals surface area contributed by atoms with E-state index in [1.165, 1.54) is 4.90 Å². The van der Waals surface area contributed by atoms with E-state index in [1.54, 1.807) is 26.0 Å². The Kier molecular flexibility index (Phi) is 7.82. The first-order chi connectivity index (χ1) is 16.0. The number of hydrogen-bond acceptors (Lipinski definition) is 6. The summed E-state index contributed by atoms with van der Waals surface area (Å²) in [5, 5.41) is 0.867. The van der Waals surface area contributed by atoms with Crippen molar-refractivity contribution in [1.82, 2.24) is 0 Å². The van der Waals surface area contributed by atoms with E-state index in [-0.39, 0.29) is 50.7 Å². The van der Waals surface area contributed by atoms with Crippen LogP contribution in [0.3, 0.4) is 0 Å².